The summed E-state index contributed by atoms with van der Waals surface area (Å²) in [7, 11) is 0. The van der Waals surface area contributed by atoms with E-state index >= 15 is 0 Å². The van der Waals surface area contributed by atoms with Gasteiger partial charge in [-0.3, -0.25) is 4.79 Å². The molecule has 4 fully saturated rings. The van der Waals surface area contributed by atoms with Crippen LogP contribution in [0.25, 0.3) is 0 Å². The van der Waals surface area contributed by atoms with Crippen molar-refractivity contribution in [3.8, 4) is 5.75 Å². The van der Waals surface area contributed by atoms with Crippen molar-refractivity contribution in [3.63, 3.8) is 0 Å². The molecular weight excluding hydrogens is 286 g/mol. The van der Waals surface area contributed by atoms with E-state index < -0.39 is 0 Å². The van der Waals surface area contributed by atoms with Crippen LogP contribution in [0.5, 0.6) is 5.75 Å². The topological polar surface area (TPSA) is 38.3 Å². The minimum Gasteiger partial charge on any atom is -0.487 e. The third-order valence-electron chi connectivity index (χ3n) is 6.01. The molecule has 0 radical (unpaired) electrons. The van der Waals surface area contributed by atoms with Crippen molar-refractivity contribution in [3.05, 3.63) is 36.9 Å². The molecular formula is C20H25NO2. The van der Waals surface area contributed by atoms with Crippen LogP contribution in [0.4, 0.5) is 5.69 Å². The number of amides is 1. The average Bonchev–Trinajstić information content (AvgIpc) is 2.53. The summed E-state index contributed by atoms with van der Waals surface area (Å²) in [5, 5.41) is 3.18. The molecule has 0 unspecified atom stereocenters. The van der Waals surface area contributed by atoms with E-state index in [4.69, 9.17) is 4.74 Å². The van der Waals surface area contributed by atoms with Gasteiger partial charge in [-0.1, -0.05) is 24.8 Å². The number of nitrogens with one attached hydrogen (secondary N) is 1. The van der Waals surface area contributed by atoms with E-state index in [1.165, 1.54) is 19.3 Å². The monoisotopic (exact) mass is 311 g/mol. The third-order valence-corrected chi connectivity index (χ3v) is 6.01. The summed E-state index contributed by atoms with van der Waals surface area (Å²) in [5.41, 5.74) is 0.662. The summed E-state index contributed by atoms with van der Waals surface area (Å²) in [6.07, 6.45) is 9.03. The molecule has 0 spiro atoms. The minimum atomic E-state index is -0.125. The lowest BCUT2D eigenvalue weighted by Gasteiger charge is -2.55. The largest absolute Gasteiger partial charge is 0.487 e. The molecule has 1 N–H and O–H groups in total. The second kappa shape index (κ2) is 5.70. The molecule has 4 bridgehead atoms. The Balaban J connectivity index is 1.53. The average molecular weight is 311 g/mol. The van der Waals surface area contributed by atoms with Crippen molar-refractivity contribution >= 4 is 11.6 Å². The Hall–Kier alpha value is -1.77. The van der Waals surface area contributed by atoms with Gasteiger partial charge in [-0.25, -0.2) is 0 Å². The lowest BCUT2D eigenvalue weighted by Crippen LogP contribution is -2.51. The van der Waals surface area contributed by atoms with Crippen LogP contribution in [0.2, 0.25) is 0 Å². The van der Waals surface area contributed by atoms with Gasteiger partial charge < -0.3 is 10.1 Å². The number of benzene rings is 1. The second-order valence-electron chi connectivity index (χ2n) is 7.75. The number of hydrogen-bond donors (Lipinski definition) is 1. The fraction of sp³-hybridized carbons (Fsp3) is 0.550. The number of carbonyl (C=O) groups is 1. The van der Waals surface area contributed by atoms with Gasteiger partial charge in [0.05, 0.1) is 11.1 Å². The first kappa shape index (κ1) is 14.8. The summed E-state index contributed by atoms with van der Waals surface area (Å²) in [4.78, 5) is 13.1. The van der Waals surface area contributed by atoms with E-state index in [1.807, 2.05) is 24.3 Å². The van der Waals surface area contributed by atoms with Crippen LogP contribution in [0.1, 0.15) is 38.5 Å². The van der Waals surface area contributed by atoms with E-state index in [0.717, 1.165) is 48.5 Å². The number of hydrogen-bond acceptors (Lipinski definition) is 2. The van der Waals surface area contributed by atoms with Crippen LogP contribution >= 0.6 is 0 Å². The second-order valence-corrected chi connectivity index (χ2v) is 7.75. The molecule has 3 nitrogen and oxygen atoms in total. The van der Waals surface area contributed by atoms with Gasteiger partial charge in [0.25, 0.3) is 0 Å². The zero-order chi connectivity index (χ0) is 15.9. The van der Waals surface area contributed by atoms with E-state index in [2.05, 4.69) is 11.9 Å². The lowest BCUT2D eigenvalue weighted by atomic mass is 9.49. The number of ether oxygens (including phenoxy) is 1. The maximum atomic E-state index is 13.1. The molecule has 0 aliphatic heterocycles. The Bertz CT molecular complexity index is 587. The number of anilines is 1. The minimum absolute atomic E-state index is 0.125. The molecule has 3 heteroatoms. The molecule has 4 saturated carbocycles. The highest BCUT2D eigenvalue weighted by atomic mass is 16.5. The Morgan fingerprint density at radius 3 is 2.39 bits per heavy atom. The molecule has 5 rings (SSSR count). The van der Waals surface area contributed by atoms with Crippen LogP contribution < -0.4 is 10.1 Å². The molecule has 1 amide bonds. The van der Waals surface area contributed by atoms with Crippen LogP contribution in [0, 0.1) is 23.2 Å². The molecule has 23 heavy (non-hydrogen) atoms. The summed E-state index contributed by atoms with van der Waals surface area (Å²) in [6.45, 7) is 4.13. The van der Waals surface area contributed by atoms with E-state index in [0.29, 0.717) is 6.61 Å². The van der Waals surface area contributed by atoms with Gasteiger partial charge >= 0.3 is 0 Å². The van der Waals surface area contributed by atoms with Crippen LogP contribution in [-0.2, 0) is 4.79 Å². The maximum absolute atomic E-state index is 13.1. The molecule has 1 aromatic carbocycles. The van der Waals surface area contributed by atoms with Crippen LogP contribution in [-0.4, -0.2) is 12.5 Å². The fourth-order valence-electron chi connectivity index (χ4n) is 5.49. The zero-order valence-corrected chi connectivity index (χ0v) is 13.6. The maximum Gasteiger partial charge on any atom is 0.230 e. The van der Waals surface area contributed by atoms with Gasteiger partial charge in [0.2, 0.25) is 5.91 Å². The van der Waals surface area contributed by atoms with Crippen molar-refractivity contribution in [1.29, 1.82) is 0 Å². The summed E-state index contributed by atoms with van der Waals surface area (Å²) in [6, 6.07) is 7.70. The van der Waals surface area contributed by atoms with Gasteiger partial charge in [0.1, 0.15) is 12.4 Å². The first-order valence-corrected chi connectivity index (χ1v) is 8.83. The Labute approximate surface area is 138 Å². The van der Waals surface area contributed by atoms with Crippen molar-refractivity contribution in [2.75, 3.05) is 11.9 Å². The Kier molecular flexibility index (Phi) is 3.67. The summed E-state index contributed by atoms with van der Waals surface area (Å²) >= 11 is 0. The number of para-hydroxylation sites is 2. The SMILES string of the molecule is C=CCOc1ccccc1NC(=O)C12CC3CC(CC(C3)C1)C2. The number of rotatable bonds is 5. The molecule has 0 saturated heterocycles. The third kappa shape index (κ3) is 2.66. The smallest absolute Gasteiger partial charge is 0.230 e. The van der Waals surface area contributed by atoms with Gasteiger partial charge in [0, 0.05) is 0 Å². The predicted octanol–water partition coefficient (Wildman–Crippen LogP) is 4.41. The van der Waals surface area contributed by atoms with Crippen LogP contribution in [0.15, 0.2) is 36.9 Å². The standard InChI is InChI=1S/C20H25NO2/c1-2-7-23-18-6-4-3-5-17(18)21-19(22)20-11-14-8-15(12-20)10-16(9-14)13-20/h2-6,14-16H,1,7-13H2,(H,21,22). The highest BCUT2D eigenvalue weighted by Crippen LogP contribution is 2.60. The Morgan fingerprint density at radius 1 is 1.17 bits per heavy atom. The van der Waals surface area contributed by atoms with Gasteiger partial charge in [-0.05, 0) is 68.4 Å². The van der Waals surface area contributed by atoms with E-state index in [-0.39, 0.29) is 11.3 Å². The molecule has 0 atom stereocenters. The highest BCUT2D eigenvalue weighted by molar-refractivity contribution is 5.96. The zero-order valence-electron chi connectivity index (χ0n) is 13.6. The highest BCUT2D eigenvalue weighted by Gasteiger charge is 2.54. The molecule has 122 valence electrons. The quantitative estimate of drug-likeness (QED) is 0.818. The van der Waals surface area contributed by atoms with Crippen molar-refractivity contribution < 1.29 is 9.53 Å². The first-order valence-electron chi connectivity index (χ1n) is 8.83. The first-order chi connectivity index (χ1) is 11.2. The van der Waals surface area contributed by atoms with E-state index in [1.54, 1.807) is 6.08 Å². The molecule has 1 aromatic rings. The van der Waals surface area contributed by atoms with Gasteiger partial charge in [-0.2, -0.15) is 0 Å². The van der Waals surface area contributed by atoms with Crippen molar-refractivity contribution in [2.45, 2.75) is 38.5 Å². The van der Waals surface area contributed by atoms with Gasteiger partial charge in [-0.15, -0.1) is 0 Å². The predicted molar refractivity (Wildman–Crippen MR) is 91.4 cm³/mol. The van der Waals surface area contributed by atoms with Gasteiger partial charge in [0.15, 0.2) is 0 Å². The molecule has 4 aliphatic rings. The summed E-state index contributed by atoms with van der Waals surface area (Å²) in [5.74, 6) is 3.27. The lowest BCUT2D eigenvalue weighted by molar-refractivity contribution is -0.140. The van der Waals surface area contributed by atoms with Crippen LogP contribution in [0.3, 0.4) is 0 Å². The normalized spacial score (nSPS) is 34.2. The fourth-order valence-corrected chi connectivity index (χ4v) is 5.49. The van der Waals surface area contributed by atoms with Crippen molar-refractivity contribution in [2.24, 2.45) is 23.2 Å². The molecule has 0 aromatic heterocycles. The number of carbonyl (C=O) groups excluding carboxylic acids is 1. The molecule has 4 aliphatic carbocycles. The van der Waals surface area contributed by atoms with Crippen molar-refractivity contribution in [1.82, 2.24) is 0 Å². The van der Waals surface area contributed by atoms with E-state index in [9.17, 15) is 4.79 Å². The Morgan fingerprint density at radius 2 is 1.78 bits per heavy atom. The summed E-state index contributed by atoms with van der Waals surface area (Å²) < 4.78 is 5.67. The molecule has 0 heterocycles.